The van der Waals surface area contributed by atoms with Gasteiger partial charge in [0.05, 0.1) is 15.6 Å². The van der Waals surface area contributed by atoms with Crippen molar-refractivity contribution in [2.75, 3.05) is 4.72 Å². The van der Waals surface area contributed by atoms with Crippen LogP contribution in [0.15, 0.2) is 47.5 Å². The van der Waals surface area contributed by atoms with Crippen LogP contribution < -0.4 is 4.72 Å². The van der Waals surface area contributed by atoms with E-state index in [4.69, 9.17) is 11.6 Å². The first kappa shape index (κ1) is 13.9. The topological polar surface area (TPSA) is 62.0 Å². The van der Waals surface area contributed by atoms with Gasteiger partial charge in [-0.05, 0) is 42.5 Å². The molecule has 0 fully saturated rings. The Bertz CT molecular complexity index is 922. The quantitative estimate of drug-likeness (QED) is 0.774. The third kappa shape index (κ3) is 2.59. The first-order valence-electron chi connectivity index (χ1n) is 5.92. The molecule has 0 atom stereocenters. The number of sulfonamides is 1. The van der Waals surface area contributed by atoms with E-state index in [1.165, 1.54) is 6.07 Å². The molecule has 0 aliphatic rings. The number of aromatic amines is 1. The number of benzene rings is 2. The van der Waals surface area contributed by atoms with Crippen LogP contribution in [-0.4, -0.2) is 13.4 Å². The van der Waals surface area contributed by atoms with Gasteiger partial charge < -0.3 is 4.98 Å². The van der Waals surface area contributed by atoms with Crippen LogP contribution in [0.2, 0.25) is 5.02 Å². The average Bonchev–Trinajstić information content (AvgIpc) is 2.91. The molecule has 0 bridgehead atoms. The zero-order valence-corrected chi connectivity index (χ0v) is 12.1. The Morgan fingerprint density at radius 3 is 2.81 bits per heavy atom. The number of rotatable bonds is 3. The van der Waals surface area contributed by atoms with Gasteiger partial charge in [-0.1, -0.05) is 11.6 Å². The van der Waals surface area contributed by atoms with E-state index >= 15 is 0 Å². The molecule has 7 heteroatoms. The van der Waals surface area contributed by atoms with Gasteiger partial charge in [0, 0.05) is 17.1 Å². The molecule has 0 saturated carbocycles. The molecule has 2 aromatic carbocycles. The zero-order valence-electron chi connectivity index (χ0n) is 10.5. The van der Waals surface area contributed by atoms with Gasteiger partial charge in [0.15, 0.2) is 0 Å². The summed E-state index contributed by atoms with van der Waals surface area (Å²) in [6.07, 6.45) is 1.70. The second kappa shape index (κ2) is 5.05. The van der Waals surface area contributed by atoms with Crippen molar-refractivity contribution in [3.05, 3.63) is 59.5 Å². The van der Waals surface area contributed by atoms with E-state index in [9.17, 15) is 12.8 Å². The van der Waals surface area contributed by atoms with E-state index < -0.39 is 15.8 Å². The summed E-state index contributed by atoms with van der Waals surface area (Å²) in [6.45, 7) is 0. The van der Waals surface area contributed by atoms with Crippen molar-refractivity contribution in [1.29, 1.82) is 0 Å². The predicted octanol–water partition coefficient (Wildman–Crippen LogP) is 3.56. The molecule has 0 amide bonds. The number of nitrogens with one attached hydrogen (secondary N) is 2. The van der Waals surface area contributed by atoms with Crippen molar-refractivity contribution in [2.24, 2.45) is 0 Å². The van der Waals surface area contributed by atoms with E-state index in [1.54, 1.807) is 18.3 Å². The predicted molar refractivity (Wildman–Crippen MR) is 79.4 cm³/mol. The molecular weight excluding hydrogens is 315 g/mol. The standard InChI is InChI=1S/C14H9ClFN2O2S/c15-11-8-9(4-5-12(11)16)21(19,20)18-14-3-1-2-13-10(14)6-7-17-13/h2-8,17-18H. The fraction of sp³-hybridized carbons (Fsp3) is 0. The number of halogens is 2. The molecule has 1 aromatic heterocycles. The summed E-state index contributed by atoms with van der Waals surface area (Å²) in [4.78, 5) is 2.86. The van der Waals surface area contributed by atoms with E-state index in [2.05, 4.69) is 15.8 Å². The Morgan fingerprint density at radius 2 is 2.05 bits per heavy atom. The molecule has 3 aromatic rings. The van der Waals surface area contributed by atoms with Gasteiger partial charge in [-0.2, -0.15) is 0 Å². The molecule has 2 N–H and O–H groups in total. The molecule has 3 rings (SSSR count). The molecule has 4 nitrogen and oxygen atoms in total. The van der Waals surface area contributed by atoms with Crippen LogP contribution in [0.5, 0.6) is 0 Å². The highest BCUT2D eigenvalue weighted by atomic mass is 35.5. The Labute approximate surface area is 125 Å². The van der Waals surface area contributed by atoms with Crippen molar-refractivity contribution in [3.8, 4) is 0 Å². The Morgan fingerprint density at radius 1 is 1.24 bits per heavy atom. The van der Waals surface area contributed by atoms with E-state index in [-0.39, 0.29) is 9.92 Å². The number of H-pyrrole nitrogens is 1. The number of aromatic nitrogens is 1. The zero-order chi connectivity index (χ0) is 15.0. The summed E-state index contributed by atoms with van der Waals surface area (Å²) in [6, 6.07) is 11.1. The lowest BCUT2D eigenvalue weighted by Crippen LogP contribution is -2.13. The molecular formula is C14H9ClFN2O2S. The van der Waals surface area contributed by atoms with Crippen molar-refractivity contribution in [3.63, 3.8) is 0 Å². The first-order chi connectivity index (χ1) is 9.97. The van der Waals surface area contributed by atoms with Gasteiger partial charge in [0.1, 0.15) is 5.82 Å². The van der Waals surface area contributed by atoms with E-state index in [1.807, 2.05) is 0 Å². The fourth-order valence-corrected chi connectivity index (χ4v) is 3.30. The maximum absolute atomic E-state index is 13.1. The molecule has 1 heterocycles. The normalized spacial score (nSPS) is 11.7. The van der Waals surface area contributed by atoms with Crippen molar-refractivity contribution in [2.45, 2.75) is 4.90 Å². The molecule has 1 radical (unpaired) electrons. The van der Waals surface area contributed by atoms with Crippen LogP contribution >= 0.6 is 11.6 Å². The van der Waals surface area contributed by atoms with Crippen LogP contribution in [0.3, 0.4) is 0 Å². The molecule has 0 unspecified atom stereocenters. The molecule has 0 aliphatic carbocycles. The fourth-order valence-electron chi connectivity index (χ4n) is 1.95. The van der Waals surface area contributed by atoms with Crippen LogP contribution in [0.4, 0.5) is 10.1 Å². The summed E-state index contributed by atoms with van der Waals surface area (Å²) in [5.74, 6) is -0.670. The number of hydrogen-bond acceptors (Lipinski definition) is 2. The summed E-state index contributed by atoms with van der Waals surface area (Å²) < 4.78 is 40.2. The van der Waals surface area contributed by atoms with E-state index in [0.29, 0.717) is 11.1 Å². The van der Waals surface area contributed by atoms with Crippen LogP contribution in [0.25, 0.3) is 10.9 Å². The summed E-state index contributed by atoms with van der Waals surface area (Å²) in [5.41, 5.74) is 1.14. The Kier molecular flexibility index (Phi) is 3.35. The van der Waals surface area contributed by atoms with Crippen LogP contribution in [0.1, 0.15) is 0 Å². The minimum Gasteiger partial charge on any atom is -0.361 e. The molecule has 0 aliphatic heterocycles. The monoisotopic (exact) mass is 323 g/mol. The smallest absolute Gasteiger partial charge is 0.261 e. The largest absolute Gasteiger partial charge is 0.361 e. The van der Waals surface area contributed by atoms with Gasteiger partial charge in [-0.3, -0.25) is 4.72 Å². The lowest BCUT2D eigenvalue weighted by molar-refractivity contribution is 0.600. The highest BCUT2D eigenvalue weighted by Gasteiger charge is 2.17. The number of anilines is 1. The minimum atomic E-state index is -3.86. The van der Waals surface area contributed by atoms with Gasteiger partial charge in [0.2, 0.25) is 0 Å². The molecule has 0 saturated heterocycles. The van der Waals surface area contributed by atoms with Crippen LogP contribution in [-0.2, 0) is 10.0 Å². The van der Waals surface area contributed by atoms with Crippen molar-refractivity contribution >= 4 is 38.2 Å². The molecule has 0 spiro atoms. The highest BCUT2D eigenvalue weighted by molar-refractivity contribution is 7.92. The molecule has 107 valence electrons. The summed E-state index contributed by atoms with van der Waals surface area (Å²) in [5, 5.41) is 0.467. The van der Waals surface area contributed by atoms with Crippen molar-refractivity contribution in [1.82, 2.24) is 4.98 Å². The molecule has 21 heavy (non-hydrogen) atoms. The maximum Gasteiger partial charge on any atom is 0.261 e. The number of fused-ring (bicyclic) bond motifs is 1. The van der Waals surface area contributed by atoms with Gasteiger partial charge in [-0.15, -0.1) is 0 Å². The van der Waals surface area contributed by atoms with Gasteiger partial charge in [0.25, 0.3) is 10.0 Å². The number of hydrogen-bond donors (Lipinski definition) is 2. The second-order valence-electron chi connectivity index (χ2n) is 4.36. The van der Waals surface area contributed by atoms with Gasteiger partial charge >= 0.3 is 0 Å². The van der Waals surface area contributed by atoms with Crippen molar-refractivity contribution < 1.29 is 12.8 Å². The third-order valence-electron chi connectivity index (χ3n) is 2.97. The average molecular weight is 324 g/mol. The Hall–Kier alpha value is -2.05. The lowest BCUT2D eigenvalue weighted by atomic mass is 10.2. The highest BCUT2D eigenvalue weighted by Crippen LogP contribution is 2.26. The van der Waals surface area contributed by atoms with Crippen LogP contribution in [0, 0.1) is 11.9 Å². The van der Waals surface area contributed by atoms with Gasteiger partial charge in [-0.25, -0.2) is 12.8 Å². The summed E-state index contributed by atoms with van der Waals surface area (Å²) >= 11 is 5.62. The third-order valence-corrected chi connectivity index (χ3v) is 4.62. The maximum atomic E-state index is 13.1. The second-order valence-corrected chi connectivity index (χ2v) is 6.45. The summed E-state index contributed by atoms with van der Waals surface area (Å²) in [7, 11) is -3.86. The SMILES string of the molecule is O=S(=O)(Nc1c[c]cc2[nH]ccc12)c1ccc(F)c(Cl)c1. The lowest BCUT2D eigenvalue weighted by Gasteiger charge is -2.09. The minimum absolute atomic E-state index is 0.110. The van der Waals surface area contributed by atoms with E-state index in [0.717, 1.165) is 23.7 Å². The Balaban J connectivity index is 2.03. The first-order valence-corrected chi connectivity index (χ1v) is 7.78.